The molecule has 132 valence electrons. The maximum atomic E-state index is 12.4. The van der Waals surface area contributed by atoms with E-state index in [-0.39, 0.29) is 18.2 Å². The first kappa shape index (κ1) is 16.9. The zero-order chi connectivity index (χ0) is 17.8. The Balaban J connectivity index is 1.67. The molecule has 1 aliphatic carbocycles. The SMILES string of the molecule is COc1ccc(C(=O)NCc2ccc(C(=O)O)o2)c(OCC2CC2)c1. The number of benzene rings is 1. The van der Waals surface area contributed by atoms with Crippen molar-refractivity contribution in [2.45, 2.75) is 19.4 Å². The van der Waals surface area contributed by atoms with Gasteiger partial charge in [0.1, 0.15) is 17.3 Å². The van der Waals surface area contributed by atoms with Crippen LogP contribution in [0.25, 0.3) is 0 Å². The first-order chi connectivity index (χ1) is 12.1. The molecule has 0 aliphatic heterocycles. The summed E-state index contributed by atoms with van der Waals surface area (Å²) in [5.74, 6) is 0.348. The second kappa shape index (κ2) is 7.29. The minimum absolute atomic E-state index is 0.0835. The van der Waals surface area contributed by atoms with Gasteiger partial charge in [-0.15, -0.1) is 0 Å². The normalized spacial score (nSPS) is 13.3. The molecule has 7 heteroatoms. The van der Waals surface area contributed by atoms with E-state index in [9.17, 15) is 9.59 Å². The van der Waals surface area contributed by atoms with Gasteiger partial charge in [0.05, 0.1) is 25.8 Å². The Labute approximate surface area is 144 Å². The summed E-state index contributed by atoms with van der Waals surface area (Å²) in [5, 5.41) is 11.5. The van der Waals surface area contributed by atoms with Gasteiger partial charge >= 0.3 is 5.97 Å². The number of methoxy groups -OCH3 is 1. The lowest BCUT2D eigenvalue weighted by atomic mass is 10.1. The van der Waals surface area contributed by atoms with Crippen molar-refractivity contribution in [3.05, 3.63) is 47.4 Å². The van der Waals surface area contributed by atoms with E-state index in [1.807, 2.05) is 0 Å². The van der Waals surface area contributed by atoms with E-state index >= 15 is 0 Å². The lowest BCUT2D eigenvalue weighted by molar-refractivity contribution is 0.0660. The molecule has 7 nitrogen and oxygen atoms in total. The Hall–Kier alpha value is -2.96. The molecule has 2 N–H and O–H groups in total. The van der Waals surface area contributed by atoms with E-state index in [0.717, 1.165) is 12.8 Å². The molecular weight excluding hydrogens is 326 g/mol. The van der Waals surface area contributed by atoms with Crippen LogP contribution in [0.1, 0.15) is 39.5 Å². The van der Waals surface area contributed by atoms with E-state index in [0.29, 0.717) is 35.3 Å². The van der Waals surface area contributed by atoms with Gasteiger partial charge in [-0.05, 0) is 43.0 Å². The van der Waals surface area contributed by atoms with Gasteiger partial charge in [0.25, 0.3) is 5.91 Å². The van der Waals surface area contributed by atoms with Crippen LogP contribution in [0.4, 0.5) is 0 Å². The van der Waals surface area contributed by atoms with E-state index in [4.69, 9.17) is 19.0 Å². The number of aromatic carboxylic acids is 1. The van der Waals surface area contributed by atoms with Crippen LogP contribution in [0, 0.1) is 5.92 Å². The van der Waals surface area contributed by atoms with Crippen LogP contribution in [0.5, 0.6) is 11.5 Å². The fourth-order valence-corrected chi connectivity index (χ4v) is 2.28. The number of carbonyl (C=O) groups is 2. The van der Waals surface area contributed by atoms with Gasteiger partial charge in [-0.3, -0.25) is 4.79 Å². The monoisotopic (exact) mass is 345 g/mol. The molecule has 1 fully saturated rings. The summed E-state index contributed by atoms with van der Waals surface area (Å²) in [4.78, 5) is 23.3. The number of furan rings is 1. The number of rotatable bonds is 8. The topological polar surface area (TPSA) is 98.0 Å². The van der Waals surface area contributed by atoms with E-state index < -0.39 is 5.97 Å². The maximum Gasteiger partial charge on any atom is 0.371 e. The largest absolute Gasteiger partial charge is 0.497 e. The molecule has 0 saturated heterocycles. The molecule has 0 spiro atoms. The summed E-state index contributed by atoms with van der Waals surface area (Å²) >= 11 is 0. The number of carbonyl (C=O) groups excluding carboxylic acids is 1. The van der Waals surface area contributed by atoms with Gasteiger partial charge in [0.15, 0.2) is 0 Å². The highest BCUT2D eigenvalue weighted by molar-refractivity contribution is 5.97. The van der Waals surface area contributed by atoms with Crippen LogP contribution in [0.2, 0.25) is 0 Å². The Morgan fingerprint density at radius 3 is 2.72 bits per heavy atom. The van der Waals surface area contributed by atoms with Crippen molar-refractivity contribution >= 4 is 11.9 Å². The number of nitrogens with one attached hydrogen (secondary N) is 1. The summed E-state index contributed by atoms with van der Waals surface area (Å²) in [7, 11) is 1.55. The Morgan fingerprint density at radius 2 is 2.08 bits per heavy atom. The molecule has 1 saturated carbocycles. The standard InChI is InChI=1S/C18H19NO6/c1-23-12-4-6-14(16(8-12)24-10-11-2-3-11)17(20)19-9-13-5-7-15(25-13)18(21)22/h4-8,11H,2-3,9-10H2,1H3,(H,19,20)(H,21,22). The zero-order valence-electron chi connectivity index (χ0n) is 13.8. The quantitative estimate of drug-likeness (QED) is 0.763. The Morgan fingerprint density at radius 1 is 1.28 bits per heavy atom. The third kappa shape index (κ3) is 4.32. The fourth-order valence-electron chi connectivity index (χ4n) is 2.28. The van der Waals surface area contributed by atoms with Crippen molar-refractivity contribution in [1.82, 2.24) is 5.32 Å². The summed E-state index contributed by atoms with van der Waals surface area (Å²) in [6.45, 7) is 0.661. The van der Waals surface area contributed by atoms with Crippen molar-refractivity contribution in [1.29, 1.82) is 0 Å². The summed E-state index contributed by atoms with van der Waals surface area (Å²) in [6, 6.07) is 7.88. The lowest BCUT2D eigenvalue weighted by Gasteiger charge is -2.12. The molecule has 3 rings (SSSR count). The first-order valence-corrected chi connectivity index (χ1v) is 7.98. The molecule has 1 aromatic carbocycles. The highest BCUT2D eigenvalue weighted by Crippen LogP contribution is 2.31. The molecule has 2 aromatic rings. The number of hydrogen-bond donors (Lipinski definition) is 2. The third-order valence-electron chi connectivity index (χ3n) is 3.90. The molecule has 1 amide bonds. The Bertz CT molecular complexity index is 778. The Kier molecular flexibility index (Phi) is 4.92. The maximum absolute atomic E-state index is 12.4. The number of amides is 1. The molecule has 1 aromatic heterocycles. The highest BCUT2D eigenvalue weighted by atomic mass is 16.5. The highest BCUT2D eigenvalue weighted by Gasteiger charge is 2.23. The second-order valence-corrected chi connectivity index (χ2v) is 5.87. The smallest absolute Gasteiger partial charge is 0.371 e. The van der Waals surface area contributed by atoms with Crippen LogP contribution in [-0.4, -0.2) is 30.7 Å². The van der Waals surface area contributed by atoms with Crippen molar-refractivity contribution in [3.8, 4) is 11.5 Å². The van der Waals surface area contributed by atoms with Crippen LogP contribution < -0.4 is 14.8 Å². The molecule has 0 atom stereocenters. The predicted octanol–water partition coefficient (Wildman–Crippen LogP) is 2.71. The summed E-state index contributed by atoms with van der Waals surface area (Å²) in [6.07, 6.45) is 2.30. The van der Waals surface area contributed by atoms with Crippen molar-refractivity contribution < 1.29 is 28.6 Å². The molecule has 1 heterocycles. The average molecular weight is 345 g/mol. The number of carboxylic acid groups (broad SMARTS) is 1. The van der Waals surface area contributed by atoms with Crippen LogP contribution in [0.3, 0.4) is 0 Å². The predicted molar refractivity (Wildman–Crippen MR) is 88.1 cm³/mol. The van der Waals surface area contributed by atoms with Gasteiger partial charge in [0, 0.05) is 6.07 Å². The number of carboxylic acids is 1. The van der Waals surface area contributed by atoms with Gasteiger partial charge < -0.3 is 24.3 Å². The number of ether oxygens (including phenoxy) is 2. The van der Waals surface area contributed by atoms with E-state index in [1.54, 1.807) is 25.3 Å². The van der Waals surface area contributed by atoms with Crippen LogP contribution in [-0.2, 0) is 6.54 Å². The minimum atomic E-state index is -1.15. The fraction of sp³-hybridized carbons (Fsp3) is 0.333. The van der Waals surface area contributed by atoms with Crippen LogP contribution in [0.15, 0.2) is 34.7 Å². The van der Waals surface area contributed by atoms with Crippen molar-refractivity contribution in [2.75, 3.05) is 13.7 Å². The third-order valence-corrected chi connectivity index (χ3v) is 3.90. The minimum Gasteiger partial charge on any atom is -0.497 e. The van der Waals surface area contributed by atoms with Gasteiger partial charge in [-0.25, -0.2) is 4.79 Å². The molecule has 0 bridgehead atoms. The second-order valence-electron chi connectivity index (χ2n) is 5.87. The summed E-state index contributed by atoms with van der Waals surface area (Å²) in [5.41, 5.74) is 0.395. The molecule has 25 heavy (non-hydrogen) atoms. The number of hydrogen-bond acceptors (Lipinski definition) is 5. The molecule has 0 unspecified atom stereocenters. The lowest BCUT2D eigenvalue weighted by Crippen LogP contribution is -2.23. The average Bonchev–Trinajstić information content (AvgIpc) is 3.32. The van der Waals surface area contributed by atoms with E-state index in [2.05, 4.69) is 5.32 Å². The van der Waals surface area contributed by atoms with Crippen LogP contribution >= 0.6 is 0 Å². The molecule has 1 aliphatic rings. The van der Waals surface area contributed by atoms with Gasteiger partial charge in [0.2, 0.25) is 5.76 Å². The summed E-state index contributed by atoms with van der Waals surface area (Å²) < 4.78 is 16.1. The molecule has 0 radical (unpaired) electrons. The zero-order valence-corrected chi connectivity index (χ0v) is 13.8. The van der Waals surface area contributed by atoms with Crippen molar-refractivity contribution in [3.63, 3.8) is 0 Å². The van der Waals surface area contributed by atoms with Gasteiger partial charge in [-0.2, -0.15) is 0 Å². The van der Waals surface area contributed by atoms with Gasteiger partial charge in [-0.1, -0.05) is 0 Å². The van der Waals surface area contributed by atoms with Crippen molar-refractivity contribution in [2.24, 2.45) is 5.92 Å². The molecular formula is C18H19NO6. The van der Waals surface area contributed by atoms with E-state index in [1.165, 1.54) is 12.1 Å². The first-order valence-electron chi connectivity index (χ1n) is 7.98.